The van der Waals surface area contributed by atoms with Gasteiger partial charge in [-0.3, -0.25) is 0 Å². The first-order chi connectivity index (χ1) is 4.84. The smallest absolute Gasteiger partial charge is 0.104 e. The van der Waals surface area contributed by atoms with E-state index in [1.807, 2.05) is 0 Å². The maximum Gasteiger partial charge on any atom is 0.104 e. The largest absolute Gasteiger partial charge is 0.317 e. The second kappa shape index (κ2) is 3.91. The Labute approximate surface area is 62.0 Å². The third kappa shape index (κ3) is 1.94. The van der Waals surface area contributed by atoms with Gasteiger partial charge in [0.2, 0.25) is 0 Å². The van der Waals surface area contributed by atoms with Crippen molar-refractivity contribution in [2.75, 3.05) is 13.1 Å². The second-order valence-electron chi connectivity index (χ2n) is 3.01. The maximum absolute atomic E-state index is 13.1. The van der Waals surface area contributed by atoms with Crippen LogP contribution in [0.25, 0.3) is 0 Å². The summed E-state index contributed by atoms with van der Waals surface area (Å²) in [7, 11) is 0. The molecule has 60 valence electrons. The van der Waals surface area contributed by atoms with E-state index in [0.717, 1.165) is 25.9 Å². The Hall–Kier alpha value is -0.110. The van der Waals surface area contributed by atoms with Crippen molar-refractivity contribution in [2.45, 2.75) is 32.4 Å². The van der Waals surface area contributed by atoms with E-state index >= 15 is 0 Å². The first kappa shape index (κ1) is 7.99. The van der Waals surface area contributed by atoms with E-state index < -0.39 is 6.17 Å². The van der Waals surface area contributed by atoms with E-state index in [1.165, 1.54) is 0 Å². The van der Waals surface area contributed by atoms with Gasteiger partial charge in [-0.05, 0) is 31.8 Å². The number of halogens is 1. The molecule has 1 rings (SSSR count). The van der Waals surface area contributed by atoms with E-state index in [-0.39, 0.29) is 0 Å². The van der Waals surface area contributed by atoms with Crippen LogP contribution in [0.4, 0.5) is 4.39 Å². The van der Waals surface area contributed by atoms with Crippen LogP contribution in [0.2, 0.25) is 0 Å². The molecule has 1 aliphatic heterocycles. The summed E-state index contributed by atoms with van der Waals surface area (Å²) < 4.78 is 13.1. The average molecular weight is 145 g/mol. The van der Waals surface area contributed by atoms with Crippen LogP contribution in [0.15, 0.2) is 0 Å². The summed E-state index contributed by atoms with van der Waals surface area (Å²) in [6, 6.07) is 0. The summed E-state index contributed by atoms with van der Waals surface area (Å²) in [4.78, 5) is 0. The molecule has 0 radical (unpaired) electrons. The van der Waals surface area contributed by atoms with Crippen molar-refractivity contribution >= 4 is 0 Å². The van der Waals surface area contributed by atoms with Gasteiger partial charge in [0, 0.05) is 0 Å². The number of hydrogen-bond donors (Lipinski definition) is 1. The second-order valence-corrected chi connectivity index (χ2v) is 3.01. The van der Waals surface area contributed by atoms with Gasteiger partial charge in [0.05, 0.1) is 0 Å². The van der Waals surface area contributed by atoms with Crippen LogP contribution in [0.3, 0.4) is 0 Å². The molecule has 1 N–H and O–H groups in total. The summed E-state index contributed by atoms with van der Waals surface area (Å²) in [6.45, 7) is 3.93. The predicted molar refractivity (Wildman–Crippen MR) is 40.8 cm³/mol. The molecule has 0 spiro atoms. The minimum Gasteiger partial charge on any atom is -0.317 e. The number of hydrogen-bond acceptors (Lipinski definition) is 1. The fraction of sp³-hybridized carbons (Fsp3) is 1.00. The fourth-order valence-corrected chi connectivity index (χ4v) is 1.53. The highest BCUT2D eigenvalue weighted by molar-refractivity contribution is 4.73. The molecule has 0 aromatic heterocycles. The third-order valence-corrected chi connectivity index (χ3v) is 2.32. The lowest BCUT2D eigenvalue weighted by molar-refractivity contribution is 0.215. The van der Waals surface area contributed by atoms with Gasteiger partial charge in [0.15, 0.2) is 0 Å². The van der Waals surface area contributed by atoms with Gasteiger partial charge < -0.3 is 5.32 Å². The molecule has 1 fully saturated rings. The quantitative estimate of drug-likeness (QED) is 0.592. The lowest BCUT2D eigenvalue weighted by Crippen LogP contribution is -2.14. The zero-order valence-electron chi connectivity index (χ0n) is 6.57. The highest BCUT2D eigenvalue weighted by atomic mass is 19.1. The Morgan fingerprint density at radius 2 is 2.10 bits per heavy atom. The minimum atomic E-state index is -0.556. The SMILES string of the molecule is CCC1CCNCCC1F. The van der Waals surface area contributed by atoms with Crippen molar-refractivity contribution in [3.8, 4) is 0 Å². The van der Waals surface area contributed by atoms with Gasteiger partial charge in [0.1, 0.15) is 6.17 Å². The molecule has 2 heteroatoms. The molecule has 1 nitrogen and oxygen atoms in total. The standard InChI is InChI=1S/C8H16FN/c1-2-7-3-5-10-6-4-8(7)9/h7-8,10H,2-6H2,1H3. The lowest BCUT2D eigenvalue weighted by atomic mass is 9.96. The molecule has 0 aromatic carbocycles. The molecule has 1 saturated heterocycles. The van der Waals surface area contributed by atoms with Crippen LogP contribution in [0.5, 0.6) is 0 Å². The molecular weight excluding hydrogens is 129 g/mol. The van der Waals surface area contributed by atoms with E-state index in [0.29, 0.717) is 12.3 Å². The van der Waals surface area contributed by atoms with Crippen molar-refractivity contribution in [2.24, 2.45) is 5.92 Å². The van der Waals surface area contributed by atoms with Gasteiger partial charge in [-0.25, -0.2) is 4.39 Å². The Morgan fingerprint density at radius 3 is 2.80 bits per heavy atom. The average Bonchev–Trinajstić information content (AvgIpc) is 2.13. The van der Waals surface area contributed by atoms with Crippen LogP contribution < -0.4 is 5.32 Å². The van der Waals surface area contributed by atoms with Crippen molar-refractivity contribution in [3.05, 3.63) is 0 Å². The van der Waals surface area contributed by atoms with Gasteiger partial charge in [-0.1, -0.05) is 13.3 Å². The zero-order valence-corrected chi connectivity index (χ0v) is 6.57. The van der Waals surface area contributed by atoms with Crippen LogP contribution in [0.1, 0.15) is 26.2 Å². The van der Waals surface area contributed by atoms with Gasteiger partial charge >= 0.3 is 0 Å². The zero-order chi connectivity index (χ0) is 7.40. The third-order valence-electron chi connectivity index (χ3n) is 2.32. The Kier molecular flexibility index (Phi) is 3.13. The normalized spacial score (nSPS) is 35.4. The molecule has 0 bridgehead atoms. The molecule has 0 aliphatic carbocycles. The molecule has 0 amide bonds. The molecule has 0 aromatic rings. The van der Waals surface area contributed by atoms with E-state index in [1.54, 1.807) is 0 Å². The predicted octanol–water partition coefficient (Wildman–Crippen LogP) is 1.73. The first-order valence-corrected chi connectivity index (χ1v) is 4.19. The van der Waals surface area contributed by atoms with Crippen molar-refractivity contribution in [3.63, 3.8) is 0 Å². The van der Waals surface area contributed by atoms with Gasteiger partial charge in [0.25, 0.3) is 0 Å². The Balaban J connectivity index is 2.35. The summed E-state index contributed by atoms with van der Waals surface area (Å²) in [5, 5.41) is 3.20. The van der Waals surface area contributed by atoms with Gasteiger partial charge in [-0.15, -0.1) is 0 Å². The van der Waals surface area contributed by atoms with Crippen LogP contribution >= 0.6 is 0 Å². The minimum absolute atomic E-state index is 0.315. The highest BCUT2D eigenvalue weighted by Gasteiger charge is 2.20. The molecule has 10 heavy (non-hydrogen) atoms. The van der Waals surface area contributed by atoms with E-state index in [2.05, 4.69) is 12.2 Å². The van der Waals surface area contributed by atoms with Crippen molar-refractivity contribution < 1.29 is 4.39 Å². The topological polar surface area (TPSA) is 12.0 Å². The highest BCUT2D eigenvalue weighted by Crippen LogP contribution is 2.20. The van der Waals surface area contributed by atoms with Crippen molar-refractivity contribution in [1.82, 2.24) is 5.32 Å². The molecule has 2 atom stereocenters. The number of nitrogens with one attached hydrogen (secondary N) is 1. The van der Waals surface area contributed by atoms with Crippen LogP contribution in [-0.4, -0.2) is 19.3 Å². The van der Waals surface area contributed by atoms with E-state index in [4.69, 9.17) is 0 Å². The van der Waals surface area contributed by atoms with E-state index in [9.17, 15) is 4.39 Å². The monoisotopic (exact) mass is 145 g/mol. The molecule has 0 saturated carbocycles. The summed E-state index contributed by atoms with van der Waals surface area (Å²) in [5.74, 6) is 0.315. The van der Waals surface area contributed by atoms with Gasteiger partial charge in [-0.2, -0.15) is 0 Å². The summed E-state index contributed by atoms with van der Waals surface area (Å²) in [5.41, 5.74) is 0. The Morgan fingerprint density at radius 1 is 1.40 bits per heavy atom. The lowest BCUT2D eigenvalue weighted by Gasteiger charge is -2.14. The maximum atomic E-state index is 13.1. The molecular formula is C8H16FN. The summed E-state index contributed by atoms with van der Waals surface area (Å²) in [6.07, 6.45) is 2.15. The van der Waals surface area contributed by atoms with Crippen molar-refractivity contribution in [1.29, 1.82) is 0 Å². The number of alkyl halides is 1. The van der Waals surface area contributed by atoms with Crippen LogP contribution in [0, 0.1) is 5.92 Å². The summed E-state index contributed by atoms with van der Waals surface area (Å²) >= 11 is 0. The molecule has 1 heterocycles. The first-order valence-electron chi connectivity index (χ1n) is 4.19. The fourth-order valence-electron chi connectivity index (χ4n) is 1.53. The molecule has 2 unspecified atom stereocenters. The molecule has 1 aliphatic rings. The number of rotatable bonds is 1. The van der Waals surface area contributed by atoms with Crippen LogP contribution in [-0.2, 0) is 0 Å². The Bertz CT molecular complexity index is 95.3.